The fourth-order valence-electron chi connectivity index (χ4n) is 3.98. The van der Waals surface area contributed by atoms with E-state index >= 15 is 0 Å². The molecule has 1 atom stereocenters. The molecule has 0 fully saturated rings. The third kappa shape index (κ3) is 6.28. The molecule has 1 aromatic carbocycles. The molecule has 0 saturated heterocycles. The standard InChI is InChI=1S/C25H32F2N4O/c1-5-28-22-14-23(30-17(22)2)24(32)31(16-25(3,4)27)21-8-6-7-20(13-21)29-15-18-9-11-19(26)12-10-18/h5,7,9-12,14,21,29-30H,6,8,13,15-16H2,1-4H3. The van der Waals surface area contributed by atoms with E-state index < -0.39 is 5.67 Å². The highest BCUT2D eigenvalue weighted by Crippen LogP contribution is 2.28. The van der Waals surface area contributed by atoms with Gasteiger partial charge < -0.3 is 15.2 Å². The summed E-state index contributed by atoms with van der Waals surface area (Å²) in [5.41, 5.74) is 2.39. The molecule has 172 valence electrons. The zero-order valence-electron chi connectivity index (χ0n) is 19.2. The first-order chi connectivity index (χ1) is 15.2. The lowest BCUT2D eigenvalue weighted by molar-refractivity contribution is 0.0489. The van der Waals surface area contributed by atoms with Crippen molar-refractivity contribution >= 4 is 17.8 Å². The molecular formula is C25H32F2N4O. The number of aromatic amines is 1. The highest BCUT2D eigenvalue weighted by molar-refractivity contribution is 5.94. The predicted octanol–water partition coefficient (Wildman–Crippen LogP) is 5.60. The minimum atomic E-state index is -1.52. The molecule has 1 unspecified atom stereocenters. The first-order valence-corrected chi connectivity index (χ1v) is 11.0. The molecule has 32 heavy (non-hydrogen) atoms. The number of amides is 1. The summed E-state index contributed by atoms with van der Waals surface area (Å²) in [5.74, 6) is -0.484. The number of H-pyrrole nitrogens is 1. The van der Waals surface area contributed by atoms with Gasteiger partial charge in [0.25, 0.3) is 5.91 Å². The molecule has 0 radical (unpaired) electrons. The number of aliphatic imine (C=N–C) groups is 1. The van der Waals surface area contributed by atoms with Gasteiger partial charge in [0, 0.05) is 36.6 Å². The van der Waals surface area contributed by atoms with Gasteiger partial charge >= 0.3 is 0 Å². The Bertz CT molecular complexity index is 986. The third-order valence-corrected chi connectivity index (χ3v) is 5.51. The molecule has 2 N–H and O–H groups in total. The number of hydrogen-bond acceptors (Lipinski definition) is 3. The van der Waals surface area contributed by atoms with E-state index in [9.17, 15) is 13.6 Å². The molecular weight excluding hydrogens is 410 g/mol. The maximum atomic E-state index is 14.7. The van der Waals surface area contributed by atoms with Crippen molar-refractivity contribution in [2.24, 2.45) is 4.99 Å². The summed E-state index contributed by atoms with van der Waals surface area (Å²) >= 11 is 0. The van der Waals surface area contributed by atoms with Crippen LogP contribution in [0.2, 0.25) is 0 Å². The molecule has 2 aromatic rings. The molecule has 1 aromatic heterocycles. The first-order valence-electron chi connectivity index (χ1n) is 11.0. The van der Waals surface area contributed by atoms with Gasteiger partial charge in [0.2, 0.25) is 0 Å². The number of alkyl halides is 1. The lowest BCUT2D eigenvalue weighted by Gasteiger charge is -2.37. The van der Waals surface area contributed by atoms with E-state index in [1.807, 2.05) is 13.8 Å². The number of benzene rings is 1. The summed E-state index contributed by atoms with van der Waals surface area (Å²) in [6, 6.07) is 7.97. The average molecular weight is 443 g/mol. The molecule has 0 spiro atoms. The molecule has 1 aliphatic rings. The SMILES string of the molecule is CC=Nc1cc(C(=O)N(CC(C)(C)F)C2CCC=C(NCc3ccc(F)cc3)C2)[nH]c1C. The number of rotatable bonds is 8. The Labute approximate surface area is 188 Å². The number of allylic oxidation sites excluding steroid dienone is 1. The molecule has 7 heteroatoms. The Morgan fingerprint density at radius 3 is 2.72 bits per heavy atom. The number of nitrogens with one attached hydrogen (secondary N) is 2. The smallest absolute Gasteiger partial charge is 0.270 e. The largest absolute Gasteiger partial charge is 0.384 e. The summed E-state index contributed by atoms with van der Waals surface area (Å²) in [5, 5.41) is 3.39. The van der Waals surface area contributed by atoms with Crippen molar-refractivity contribution in [1.82, 2.24) is 15.2 Å². The maximum absolute atomic E-state index is 14.7. The summed E-state index contributed by atoms with van der Waals surface area (Å²) in [7, 11) is 0. The van der Waals surface area contributed by atoms with Gasteiger partial charge in [-0.05, 0) is 64.3 Å². The van der Waals surface area contributed by atoms with Gasteiger partial charge in [-0.25, -0.2) is 8.78 Å². The van der Waals surface area contributed by atoms with Gasteiger partial charge in [-0.15, -0.1) is 0 Å². The average Bonchev–Trinajstić information content (AvgIpc) is 3.11. The molecule has 1 heterocycles. The molecule has 0 bridgehead atoms. The second kappa shape index (κ2) is 10.1. The second-order valence-electron chi connectivity index (χ2n) is 8.88. The van der Waals surface area contributed by atoms with E-state index in [-0.39, 0.29) is 24.3 Å². The van der Waals surface area contributed by atoms with Gasteiger partial charge in [0.1, 0.15) is 17.2 Å². The number of carbonyl (C=O) groups is 1. The fourth-order valence-corrected chi connectivity index (χ4v) is 3.98. The number of carbonyl (C=O) groups excluding carboxylic acids is 1. The van der Waals surface area contributed by atoms with Crippen LogP contribution in [0.25, 0.3) is 0 Å². The molecule has 5 nitrogen and oxygen atoms in total. The van der Waals surface area contributed by atoms with Crippen molar-refractivity contribution in [3.8, 4) is 0 Å². The summed E-state index contributed by atoms with van der Waals surface area (Å²) < 4.78 is 27.8. The number of aryl methyl sites for hydroxylation is 1. The van der Waals surface area contributed by atoms with Gasteiger partial charge in [0.05, 0.1) is 12.2 Å². The topological polar surface area (TPSA) is 60.5 Å². The minimum absolute atomic E-state index is 0.00614. The number of halogens is 2. The minimum Gasteiger partial charge on any atom is -0.384 e. The van der Waals surface area contributed by atoms with E-state index in [4.69, 9.17) is 0 Å². The number of aromatic nitrogens is 1. The molecule has 1 aliphatic carbocycles. The lowest BCUT2D eigenvalue weighted by Crippen LogP contribution is -2.48. The van der Waals surface area contributed by atoms with Crippen molar-refractivity contribution < 1.29 is 13.6 Å². The van der Waals surface area contributed by atoms with Crippen LogP contribution in [0.5, 0.6) is 0 Å². The summed E-state index contributed by atoms with van der Waals surface area (Å²) in [4.78, 5) is 22.5. The molecule has 1 amide bonds. The Kier molecular flexibility index (Phi) is 7.48. The normalized spacial score (nSPS) is 16.8. The van der Waals surface area contributed by atoms with Crippen LogP contribution >= 0.6 is 0 Å². The lowest BCUT2D eigenvalue weighted by atomic mass is 9.95. The van der Waals surface area contributed by atoms with E-state index in [1.165, 1.54) is 26.0 Å². The Balaban J connectivity index is 1.75. The van der Waals surface area contributed by atoms with E-state index in [2.05, 4.69) is 21.4 Å². The highest BCUT2D eigenvalue weighted by atomic mass is 19.1. The van der Waals surface area contributed by atoms with Crippen molar-refractivity contribution in [3.63, 3.8) is 0 Å². The van der Waals surface area contributed by atoms with Crippen LogP contribution in [-0.4, -0.2) is 40.3 Å². The van der Waals surface area contributed by atoms with Crippen molar-refractivity contribution in [2.45, 2.75) is 65.2 Å². The van der Waals surface area contributed by atoms with Gasteiger partial charge in [-0.1, -0.05) is 18.2 Å². The van der Waals surface area contributed by atoms with Gasteiger partial charge in [0.15, 0.2) is 0 Å². The van der Waals surface area contributed by atoms with E-state index in [1.54, 1.807) is 29.3 Å². The Morgan fingerprint density at radius 2 is 2.06 bits per heavy atom. The fraction of sp³-hybridized carbons (Fsp3) is 0.440. The van der Waals surface area contributed by atoms with E-state index in [0.717, 1.165) is 29.8 Å². The van der Waals surface area contributed by atoms with E-state index in [0.29, 0.717) is 24.3 Å². The van der Waals surface area contributed by atoms with Crippen LogP contribution in [0.3, 0.4) is 0 Å². The summed E-state index contributed by atoms with van der Waals surface area (Å²) in [6.07, 6.45) is 5.97. The van der Waals surface area contributed by atoms with Crippen LogP contribution in [0, 0.1) is 12.7 Å². The number of nitrogens with zero attached hydrogens (tertiary/aromatic N) is 2. The van der Waals surface area contributed by atoms with Crippen molar-refractivity contribution in [1.29, 1.82) is 0 Å². The van der Waals surface area contributed by atoms with Crippen LogP contribution in [0.4, 0.5) is 14.5 Å². The Morgan fingerprint density at radius 1 is 1.34 bits per heavy atom. The van der Waals surface area contributed by atoms with Crippen LogP contribution in [-0.2, 0) is 6.54 Å². The van der Waals surface area contributed by atoms with Gasteiger partial charge in [-0.3, -0.25) is 9.79 Å². The van der Waals surface area contributed by atoms with Gasteiger partial charge in [-0.2, -0.15) is 0 Å². The number of hydrogen-bond donors (Lipinski definition) is 2. The zero-order valence-corrected chi connectivity index (χ0v) is 19.2. The van der Waals surface area contributed by atoms with Crippen LogP contribution in [0.15, 0.2) is 47.1 Å². The molecule has 0 aliphatic heterocycles. The van der Waals surface area contributed by atoms with Crippen molar-refractivity contribution in [3.05, 3.63) is 64.9 Å². The predicted molar refractivity (Wildman–Crippen MR) is 125 cm³/mol. The third-order valence-electron chi connectivity index (χ3n) is 5.51. The Hall–Kier alpha value is -2.96. The van der Waals surface area contributed by atoms with Crippen molar-refractivity contribution in [2.75, 3.05) is 6.54 Å². The second-order valence-corrected chi connectivity index (χ2v) is 8.88. The van der Waals surface area contributed by atoms with Crippen LogP contribution in [0.1, 0.15) is 61.8 Å². The van der Waals surface area contributed by atoms with Crippen LogP contribution < -0.4 is 5.32 Å². The first kappa shape index (κ1) is 23.7. The quantitative estimate of drug-likeness (QED) is 0.523. The maximum Gasteiger partial charge on any atom is 0.270 e. The zero-order chi connectivity index (χ0) is 23.3. The molecule has 3 rings (SSSR count). The summed E-state index contributed by atoms with van der Waals surface area (Å²) in [6.45, 7) is 7.24. The molecule has 0 saturated carbocycles. The monoisotopic (exact) mass is 442 g/mol. The highest BCUT2D eigenvalue weighted by Gasteiger charge is 2.33.